The molecule has 2 heterocycles. The van der Waals surface area contributed by atoms with Gasteiger partial charge in [-0.25, -0.2) is 9.97 Å². The lowest BCUT2D eigenvalue weighted by atomic mass is 10.2. The molecule has 15 heavy (non-hydrogen) atoms. The standard InChI is InChI=1S/C9H12N6/c1-6-3-11-9(12-4-6)8(10)7-5-13-14-15(7)2/h3-5,8H,10H2,1-2H3. The van der Waals surface area contributed by atoms with Gasteiger partial charge in [0.25, 0.3) is 0 Å². The van der Waals surface area contributed by atoms with Crippen molar-refractivity contribution in [3.05, 3.63) is 35.7 Å². The molecule has 1 unspecified atom stereocenters. The maximum Gasteiger partial charge on any atom is 0.151 e. The zero-order chi connectivity index (χ0) is 10.8. The van der Waals surface area contributed by atoms with Crippen molar-refractivity contribution in [2.75, 3.05) is 0 Å². The predicted octanol–water partition coefficient (Wildman–Crippen LogP) is -0.0384. The molecule has 2 aromatic rings. The lowest BCUT2D eigenvalue weighted by Crippen LogP contribution is -2.18. The summed E-state index contributed by atoms with van der Waals surface area (Å²) in [5, 5.41) is 7.58. The van der Waals surface area contributed by atoms with Gasteiger partial charge in [-0.1, -0.05) is 5.21 Å². The van der Waals surface area contributed by atoms with Gasteiger partial charge in [0.05, 0.1) is 11.9 Å². The fourth-order valence-electron chi connectivity index (χ4n) is 1.27. The summed E-state index contributed by atoms with van der Waals surface area (Å²) in [7, 11) is 1.79. The molecule has 2 N–H and O–H groups in total. The Labute approximate surface area is 87.2 Å². The van der Waals surface area contributed by atoms with Crippen LogP contribution in [0.25, 0.3) is 0 Å². The molecule has 1 atom stereocenters. The van der Waals surface area contributed by atoms with Gasteiger partial charge in [0.2, 0.25) is 0 Å². The summed E-state index contributed by atoms with van der Waals surface area (Å²) in [5.41, 5.74) is 7.78. The summed E-state index contributed by atoms with van der Waals surface area (Å²) >= 11 is 0. The van der Waals surface area contributed by atoms with E-state index >= 15 is 0 Å². The van der Waals surface area contributed by atoms with Gasteiger partial charge in [-0.2, -0.15) is 0 Å². The Bertz CT molecular complexity index is 446. The fraction of sp³-hybridized carbons (Fsp3) is 0.333. The van der Waals surface area contributed by atoms with E-state index in [1.165, 1.54) is 0 Å². The van der Waals surface area contributed by atoms with Crippen LogP contribution in [0.5, 0.6) is 0 Å². The first-order valence-electron chi connectivity index (χ1n) is 4.57. The van der Waals surface area contributed by atoms with Crippen LogP contribution in [-0.4, -0.2) is 25.0 Å². The van der Waals surface area contributed by atoms with Gasteiger partial charge in [0.15, 0.2) is 5.82 Å². The average molecular weight is 204 g/mol. The summed E-state index contributed by atoms with van der Waals surface area (Å²) in [6, 6.07) is -0.384. The Hall–Kier alpha value is -1.82. The normalized spacial score (nSPS) is 12.7. The Morgan fingerprint density at radius 3 is 2.47 bits per heavy atom. The van der Waals surface area contributed by atoms with Crippen LogP contribution >= 0.6 is 0 Å². The predicted molar refractivity (Wildman–Crippen MR) is 53.8 cm³/mol. The molecule has 0 fully saturated rings. The van der Waals surface area contributed by atoms with Gasteiger partial charge >= 0.3 is 0 Å². The van der Waals surface area contributed by atoms with Crippen LogP contribution in [0.15, 0.2) is 18.6 Å². The van der Waals surface area contributed by atoms with E-state index in [0.717, 1.165) is 11.3 Å². The molecule has 2 rings (SSSR count). The number of hydrogen-bond acceptors (Lipinski definition) is 5. The Balaban J connectivity index is 2.32. The van der Waals surface area contributed by atoms with Crippen LogP contribution in [0.3, 0.4) is 0 Å². The molecule has 0 saturated carbocycles. The van der Waals surface area contributed by atoms with Crippen molar-refractivity contribution in [3.8, 4) is 0 Å². The van der Waals surface area contributed by atoms with E-state index in [0.29, 0.717) is 5.82 Å². The van der Waals surface area contributed by atoms with Crippen molar-refractivity contribution in [2.24, 2.45) is 12.8 Å². The van der Waals surface area contributed by atoms with Gasteiger partial charge in [0.1, 0.15) is 6.04 Å². The van der Waals surface area contributed by atoms with E-state index in [-0.39, 0.29) is 6.04 Å². The fourth-order valence-corrected chi connectivity index (χ4v) is 1.27. The number of rotatable bonds is 2. The number of hydrogen-bond donors (Lipinski definition) is 1. The highest BCUT2D eigenvalue weighted by molar-refractivity contribution is 5.14. The molecule has 0 aromatic carbocycles. The zero-order valence-corrected chi connectivity index (χ0v) is 8.62. The van der Waals surface area contributed by atoms with Crippen LogP contribution < -0.4 is 5.73 Å². The smallest absolute Gasteiger partial charge is 0.151 e. The lowest BCUT2D eigenvalue weighted by molar-refractivity contribution is 0.634. The minimum atomic E-state index is -0.384. The monoisotopic (exact) mass is 204 g/mol. The van der Waals surface area contributed by atoms with E-state index in [4.69, 9.17) is 5.73 Å². The van der Waals surface area contributed by atoms with Crippen LogP contribution in [0, 0.1) is 6.92 Å². The quantitative estimate of drug-likeness (QED) is 0.742. The second-order valence-electron chi connectivity index (χ2n) is 3.38. The Morgan fingerprint density at radius 1 is 1.27 bits per heavy atom. The zero-order valence-electron chi connectivity index (χ0n) is 8.62. The van der Waals surface area contributed by atoms with E-state index < -0.39 is 0 Å². The molecule has 78 valence electrons. The van der Waals surface area contributed by atoms with E-state index in [1.54, 1.807) is 30.3 Å². The molecule has 2 aromatic heterocycles. The van der Waals surface area contributed by atoms with Gasteiger partial charge < -0.3 is 5.73 Å². The van der Waals surface area contributed by atoms with Gasteiger partial charge in [0, 0.05) is 19.4 Å². The molecule has 0 amide bonds. The number of aryl methyl sites for hydroxylation is 2. The summed E-state index contributed by atoms with van der Waals surface area (Å²) in [5.74, 6) is 0.575. The van der Waals surface area contributed by atoms with Crippen molar-refractivity contribution in [1.82, 2.24) is 25.0 Å². The highest BCUT2D eigenvalue weighted by Gasteiger charge is 2.15. The minimum Gasteiger partial charge on any atom is -0.316 e. The molecule has 0 spiro atoms. The third-order valence-electron chi connectivity index (χ3n) is 2.15. The maximum absolute atomic E-state index is 5.99. The van der Waals surface area contributed by atoms with Gasteiger partial charge in [-0.3, -0.25) is 4.68 Å². The molecular weight excluding hydrogens is 192 g/mol. The molecule has 0 aliphatic rings. The number of aromatic nitrogens is 5. The summed E-state index contributed by atoms with van der Waals surface area (Å²) < 4.78 is 1.62. The second-order valence-corrected chi connectivity index (χ2v) is 3.38. The van der Waals surface area contributed by atoms with Crippen LogP contribution in [0.2, 0.25) is 0 Å². The molecule has 0 radical (unpaired) electrons. The van der Waals surface area contributed by atoms with Crippen LogP contribution in [0.4, 0.5) is 0 Å². The van der Waals surface area contributed by atoms with Crippen molar-refractivity contribution >= 4 is 0 Å². The Morgan fingerprint density at radius 2 is 1.93 bits per heavy atom. The van der Waals surface area contributed by atoms with Gasteiger partial charge in [-0.05, 0) is 12.5 Å². The summed E-state index contributed by atoms with van der Waals surface area (Å²) in [6.45, 7) is 1.93. The van der Waals surface area contributed by atoms with Gasteiger partial charge in [-0.15, -0.1) is 5.10 Å². The topological polar surface area (TPSA) is 82.5 Å². The molecule has 0 aliphatic heterocycles. The molecule has 0 bridgehead atoms. The summed E-state index contributed by atoms with van der Waals surface area (Å²) in [4.78, 5) is 8.34. The molecule has 6 heteroatoms. The molecular formula is C9H12N6. The first kappa shape index (κ1) is 9.72. The highest BCUT2D eigenvalue weighted by atomic mass is 15.4. The van der Waals surface area contributed by atoms with Crippen molar-refractivity contribution in [3.63, 3.8) is 0 Å². The maximum atomic E-state index is 5.99. The third kappa shape index (κ3) is 1.84. The number of nitrogens with zero attached hydrogens (tertiary/aromatic N) is 5. The first-order valence-corrected chi connectivity index (χ1v) is 4.57. The van der Waals surface area contributed by atoms with Crippen LogP contribution in [0.1, 0.15) is 23.1 Å². The third-order valence-corrected chi connectivity index (χ3v) is 2.15. The molecule has 6 nitrogen and oxygen atoms in total. The average Bonchev–Trinajstić information content (AvgIpc) is 2.65. The van der Waals surface area contributed by atoms with Crippen molar-refractivity contribution < 1.29 is 0 Å². The van der Waals surface area contributed by atoms with Crippen molar-refractivity contribution in [1.29, 1.82) is 0 Å². The first-order chi connectivity index (χ1) is 7.18. The van der Waals surface area contributed by atoms with Crippen molar-refractivity contribution in [2.45, 2.75) is 13.0 Å². The van der Waals surface area contributed by atoms with Crippen LogP contribution in [-0.2, 0) is 7.05 Å². The largest absolute Gasteiger partial charge is 0.316 e. The SMILES string of the molecule is Cc1cnc(C(N)c2cnnn2C)nc1. The highest BCUT2D eigenvalue weighted by Crippen LogP contribution is 2.13. The second kappa shape index (κ2) is 3.74. The minimum absolute atomic E-state index is 0.384. The van der Waals surface area contributed by atoms with E-state index in [2.05, 4.69) is 20.3 Å². The van der Waals surface area contributed by atoms with E-state index in [1.807, 2.05) is 6.92 Å². The number of nitrogens with two attached hydrogens (primary N) is 1. The Kier molecular flexibility index (Phi) is 2.42. The van der Waals surface area contributed by atoms with E-state index in [9.17, 15) is 0 Å². The molecule has 0 aliphatic carbocycles. The molecule has 0 saturated heterocycles. The summed E-state index contributed by atoms with van der Waals surface area (Å²) in [6.07, 6.45) is 5.10. The lowest BCUT2D eigenvalue weighted by Gasteiger charge is -2.09.